The summed E-state index contributed by atoms with van der Waals surface area (Å²) < 4.78 is 6.04. The molecule has 4 heteroatoms. The van der Waals surface area contributed by atoms with E-state index < -0.39 is 0 Å². The fourth-order valence-corrected chi connectivity index (χ4v) is 3.34. The number of hydrogen-bond donors (Lipinski definition) is 1. The Morgan fingerprint density at radius 1 is 1.35 bits per heavy atom. The van der Waals surface area contributed by atoms with Crippen LogP contribution in [0.5, 0.6) is 0 Å². The number of methoxy groups -OCH3 is 1. The van der Waals surface area contributed by atoms with Gasteiger partial charge in [0, 0.05) is 10.5 Å². The molecule has 0 saturated heterocycles. The molecule has 1 saturated carbocycles. The van der Waals surface area contributed by atoms with Crippen molar-refractivity contribution >= 4 is 21.9 Å². The van der Waals surface area contributed by atoms with Gasteiger partial charge >= 0.3 is 5.97 Å². The van der Waals surface area contributed by atoms with Crippen molar-refractivity contribution in [2.24, 2.45) is 5.92 Å². The van der Waals surface area contributed by atoms with Crippen LogP contribution in [0.1, 0.15) is 38.2 Å². The molecule has 0 aliphatic heterocycles. The molecular weight excluding hydrogens is 318 g/mol. The third kappa shape index (κ3) is 3.41. The van der Waals surface area contributed by atoms with Crippen molar-refractivity contribution < 1.29 is 9.53 Å². The molecule has 0 spiro atoms. The maximum Gasteiger partial charge on any atom is 0.323 e. The number of halogens is 1. The van der Waals surface area contributed by atoms with Crippen LogP contribution in [0.15, 0.2) is 28.7 Å². The highest BCUT2D eigenvalue weighted by Gasteiger charge is 2.35. The summed E-state index contributed by atoms with van der Waals surface area (Å²) in [6.07, 6.45) is 2.14. The molecule has 1 atom stereocenters. The Bertz CT molecular complexity index is 469. The summed E-state index contributed by atoms with van der Waals surface area (Å²) in [6.45, 7) is 4.08. The van der Waals surface area contributed by atoms with Gasteiger partial charge in [-0.15, -0.1) is 0 Å². The van der Waals surface area contributed by atoms with E-state index in [2.05, 4.69) is 39.4 Å². The van der Waals surface area contributed by atoms with Crippen LogP contribution in [0.25, 0.3) is 0 Å². The number of ether oxygens (including phenoxy) is 1. The van der Waals surface area contributed by atoms with Gasteiger partial charge in [-0.25, -0.2) is 0 Å². The fourth-order valence-electron chi connectivity index (χ4n) is 2.73. The fraction of sp³-hybridized carbons (Fsp3) is 0.562. The lowest BCUT2D eigenvalue weighted by Gasteiger charge is -2.39. The summed E-state index contributed by atoms with van der Waals surface area (Å²) in [5.41, 5.74) is 1.37. The van der Waals surface area contributed by atoms with Gasteiger partial charge in [0.05, 0.1) is 7.11 Å². The molecule has 3 nitrogen and oxygen atoms in total. The first kappa shape index (κ1) is 15.5. The van der Waals surface area contributed by atoms with E-state index in [0.717, 1.165) is 12.8 Å². The average Bonchev–Trinajstić information content (AvgIpc) is 2.37. The molecule has 20 heavy (non-hydrogen) atoms. The summed E-state index contributed by atoms with van der Waals surface area (Å²) in [6, 6.07) is 8.57. The maximum atomic E-state index is 11.7. The normalized spacial score (nSPS) is 23.2. The van der Waals surface area contributed by atoms with E-state index in [4.69, 9.17) is 4.74 Å². The Morgan fingerprint density at radius 2 is 2.00 bits per heavy atom. The molecule has 0 aromatic heterocycles. The highest BCUT2D eigenvalue weighted by molar-refractivity contribution is 9.10. The minimum absolute atomic E-state index is 0.163. The van der Waals surface area contributed by atoms with Gasteiger partial charge in [0.25, 0.3) is 0 Å². The molecular formula is C16H22BrNO2. The first-order valence-corrected chi connectivity index (χ1v) is 7.90. The number of esters is 1. The summed E-state index contributed by atoms with van der Waals surface area (Å²) in [5.74, 6) is 0.655. The van der Waals surface area contributed by atoms with Gasteiger partial charge in [-0.3, -0.25) is 4.79 Å². The average molecular weight is 340 g/mol. The van der Waals surface area contributed by atoms with Crippen molar-refractivity contribution in [2.45, 2.75) is 44.7 Å². The molecule has 1 aromatic rings. The van der Waals surface area contributed by atoms with Crippen molar-refractivity contribution in [3.8, 4) is 0 Å². The maximum absolute atomic E-state index is 11.7. The molecule has 0 amide bonds. The Hall–Kier alpha value is -0.870. The van der Waals surface area contributed by atoms with E-state index >= 15 is 0 Å². The van der Waals surface area contributed by atoms with Crippen LogP contribution >= 0.6 is 15.9 Å². The Morgan fingerprint density at radius 3 is 2.55 bits per heavy atom. The number of carbonyl (C=O) groups excluding carboxylic acids is 1. The molecule has 0 unspecified atom stereocenters. The third-order valence-corrected chi connectivity index (χ3v) is 4.74. The lowest BCUT2D eigenvalue weighted by molar-refractivity contribution is -0.144. The van der Waals surface area contributed by atoms with Gasteiger partial charge in [0.15, 0.2) is 0 Å². The first-order chi connectivity index (χ1) is 9.52. The topological polar surface area (TPSA) is 38.3 Å². The van der Waals surface area contributed by atoms with Crippen LogP contribution in [0.2, 0.25) is 0 Å². The van der Waals surface area contributed by atoms with Gasteiger partial charge in [0.1, 0.15) is 6.04 Å². The van der Waals surface area contributed by atoms with Crippen LogP contribution < -0.4 is 5.32 Å². The molecule has 2 rings (SSSR count). The number of rotatable bonds is 5. The zero-order chi connectivity index (χ0) is 14.7. The smallest absolute Gasteiger partial charge is 0.323 e. The van der Waals surface area contributed by atoms with Gasteiger partial charge in [-0.2, -0.15) is 0 Å². The van der Waals surface area contributed by atoms with E-state index in [0.29, 0.717) is 12.0 Å². The van der Waals surface area contributed by atoms with E-state index in [-0.39, 0.29) is 17.9 Å². The Labute approximate surface area is 129 Å². The molecule has 1 aliphatic rings. The lowest BCUT2D eigenvalue weighted by Crippen LogP contribution is -2.51. The number of carbonyl (C=O) groups is 1. The Kier molecular flexibility index (Phi) is 5.22. The van der Waals surface area contributed by atoms with Crippen molar-refractivity contribution in [2.75, 3.05) is 7.11 Å². The van der Waals surface area contributed by atoms with Gasteiger partial charge < -0.3 is 10.1 Å². The van der Waals surface area contributed by atoms with E-state index in [9.17, 15) is 4.79 Å². The minimum Gasteiger partial charge on any atom is -0.468 e. The van der Waals surface area contributed by atoms with Gasteiger partial charge in [-0.05, 0) is 36.3 Å². The third-order valence-electron chi connectivity index (χ3n) is 4.02. The second-order valence-corrected chi connectivity index (χ2v) is 6.65. The molecule has 1 fully saturated rings. The zero-order valence-corrected chi connectivity index (χ0v) is 13.8. The van der Waals surface area contributed by atoms with Crippen LogP contribution in [0, 0.1) is 5.92 Å². The van der Waals surface area contributed by atoms with Gasteiger partial charge in [0.2, 0.25) is 0 Å². The molecule has 0 bridgehead atoms. The Balaban J connectivity index is 1.90. The minimum atomic E-state index is -0.204. The summed E-state index contributed by atoms with van der Waals surface area (Å²) >= 11 is 3.61. The van der Waals surface area contributed by atoms with E-state index in [1.165, 1.54) is 17.1 Å². The molecule has 1 N–H and O–H groups in total. The number of nitrogens with one attached hydrogen (secondary N) is 1. The van der Waals surface area contributed by atoms with Crippen LogP contribution in [0.4, 0.5) is 0 Å². The molecule has 0 heterocycles. The van der Waals surface area contributed by atoms with Crippen molar-refractivity contribution in [1.82, 2.24) is 5.32 Å². The monoisotopic (exact) mass is 339 g/mol. The lowest BCUT2D eigenvalue weighted by atomic mass is 9.75. The highest BCUT2D eigenvalue weighted by Crippen LogP contribution is 2.40. The highest BCUT2D eigenvalue weighted by atomic mass is 79.9. The quantitative estimate of drug-likeness (QED) is 0.834. The first-order valence-electron chi connectivity index (χ1n) is 7.11. The zero-order valence-electron chi connectivity index (χ0n) is 12.2. The van der Waals surface area contributed by atoms with Gasteiger partial charge in [-0.1, -0.05) is 48.0 Å². The van der Waals surface area contributed by atoms with Crippen LogP contribution in [-0.4, -0.2) is 25.2 Å². The predicted octanol–water partition coefficient (Wildman–Crippen LogP) is 3.48. The summed E-state index contributed by atoms with van der Waals surface area (Å²) in [5, 5.41) is 3.43. The second kappa shape index (κ2) is 6.72. The largest absolute Gasteiger partial charge is 0.468 e. The SMILES string of the molecule is COC(=O)[C@@H](NC1CC(c2ccccc2Br)C1)C(C)C. The van der Waals surface area contributed by atoms with Crippen molar-refractivity contribution in [3.63, 3.8) is 0 Å². The van der Waals surface area contributed by atoms with Crippen LogP contribution in [-0.2, 0) is 9.53 Å². The molecule has 110 valence electrons. The number of hydrogen-bond acceptors (Lipinski definition) is 3. The van der Waals surface area contributed by atoms with E-state index in [1.807, 2.05) is 19.9 Å². The summed E-state index contributed by atoms with van der Waals surface area (Å²) in [4.78, 5) is 11.7. The molecule has 0 radical (unpaired) electrons. The molecule has 1 aliphatic carbocycles. The summed E-state index contributed by atoms with van der Waals surface area (Å²) in [7, 11) is 1.45. The van der Waals surface area contributed by atoms with E-state index in [1.54, 1.807) is 0 Å². The van der Waals surface area contributed by atoms with Crippen molar-refractivity contribution in [3.05, 3.63) is 34.3 Å². The standard InChI is InChI=1S/C16H22BrNO2/c1-10(2)15(16(19)20-3)18-12-8-11(9-12)13-6-4-5-7-14(13)17/h4-7,10-12,15,18H,8-9H2,1-3H3/t11?,12?,15-/m0/s1. The van der Waals surface area contributed by atoms with Crippen LogP contribution in [0.3, 0.4) is 0 Å². The van der Waals surface area contributed by atoms with Crippen molar-refractivity contribution in [1.29, 1.82) is 0 Å². The predicted molar refractivity (Wildman–Crippen MR) is 83.7 cm³/mol. The second-order valence-electron chi connectivity index (χ2n) is 5.80. The molecule has 1 aromatic carbocycles. The number of benzene rings is 1.